The highest BCUT2D eigenvalue weighted by Crippen LogP contribution is 2.32. The van der Waals surface area contributed by atoms with E-state index in [9.17, 15) is 4.79 Å². The van der Waals surface area contributed by atoms with Crippen LogP contribution in [0, 0.1) is 19.8 Å². The Morgan fingerprint density at radius 3 is 2.72 bits per heavy atom. The van der Waals surface area contributed by atoms with Gasteiger partial charge in [0.2, 0.25) is 5.76 Å². The standard InChI is InChI=1S/C11H16N4O3/c1-5-9(18-6(2)13-5)11(16)14-8(7-3-4-7)10(12)15-17/h7-8,17H,3-4H2,1-2H3,(H2,12,15)(H,14,16). The van der Waals surface area contributed by atoms with E-state index in [1.807, 2.05) is 0 Å². The van der Waals surface area contributed by atoms with E-state index >= 15 is 0 Å². The Labute approximate surface area is 104 Å². The number of carbonyl (C=O) groups excluding carboxylic acids is 1. The number of amidine groups is 1. The number of aromatic nitrogens is 1. The summed E-state index contributed by atoms with van der Waals surface area (Å²) < 4.78 is 5.22. The van der Waals surface area contributed by atoms with Gasteiger partial charge in [-0.2, -0.15) is 0 Å². The summed E-state index contributed by atoms with van der Waals surface area (Å²) in [5.74, 6) is 0.457. The van der Waals surface area contributed by atoms with Gasteiger partial charge in [-0.3, -0.25) is 4.79 Å². The van der Waals surface area contributed by atoms with Crippen LogP contribution in [0.3, 0.4) is 0 Å². The lowest BCUT2D eigenvalue weighted by atomic mass is 10.1. The van der Waals surface area contributed by atoms with Gasteiger partial charge in [-0.15, -0.1) is 0 Å². The zero-order valence-corrected chi connectivity index (χ0v) is 10.3. The van der Waals surface area contributed by atoms with Crippen molar-refractivity contribution in [1.82, 2.24) is 10.3 Å². The van der Waals surface area contributed by atoms with Crippen LogP contribution in [0.1, 0.15) is 35.0 Å². The summed E-state index contributed by atoms with van der Waals surface area (Å²) in [5.41, 5.74) is 6.09. The van der Waals surface area contributed by atoms with Crippen molar-refractivity contribution in [1.29, 1.82) is 0 Å². The monoisotopic (exact) mass is 252 g/mol. The fraction of sp³-hybridized carbons (Fsp3) is 0.545. The third-order valence-corrected chi connectivity index (χ3v) is 2.92. The number of nitrogens with two attached hydrogens (primary N) is 1. The summed E-state index contributed by atoms with van der Waals surface area (Å²) in [5, 5.41) is 14.4. The molecule has 0 radical (unpaired) electrons. The first-order valence-electron chi connectivity index (χ1n) is 5.75. The maximum atomic E-state index is 12.0. The Bertz CT molecular complexity index is 490. The Morgan fingerprint density at radius 1 is 1.61 bits per heavy atom. The number of nitrogens with zero attached hydrogens (tertiary/aromatic N) is 2. The van der Waals surface area contributed by atoms with Crippen molar-refractivity contribution in [3.8, 4) is 0 Å². The van der Waals surface area contributed by atoms with E-state index in [-0.39, 0.29) is 17.5 Å². The maximum Gasteiger partial charge on any atom is 0.289 e. The molecule has 1 unspecified atom stereocenters. The highest BCUT2D eigenvalue weighted by molar-refractivity contribution is 5.97. The molecule has 7 heteroatoms. The van der Waals surface area contributed by atoms with Crippen molar-refractivity contribution >= 4 is 11.7 Å². The van der Waals surface area contributed by atoms with Crippen LogP contribution in [0.4, 0.5) is 0 Å². The number of oxime groups is 1. The number of rotatable bonds is 4. The van der Waals surface area contributed by atoms with E-state index in [0.29, 0.717) is 11.6 Å². The molecular weight excluding hydrogens is 236 g/mol. The highest BCUT2D eigenvalue weighted by Gasteiger charge is 2.36. The summed E-state index contributed by atoms with van der Waals surface area (Å²) >= 11 is 0. The first kappa shape index (κ1) is 12.4. The predicted octanol–water partition coefficient (Wildman–Crippen LogP) is 0.546. The van der Waals surface area contributed by atoms with Gasteiger partial charge in [0.25, 0.3) is 5.91 Å². The largest absolute Gasteiger partial charge is 0.436 e. The minimum absolute atomic E-state index is 0.0136. The van der Waals surface area contributed by atoms with E-state index in [4.69, 9.17) is 15.4 Å². The molecule has 98 valence electrons. The van der Waals surface area contributed by atoms with E-state index < -0.39 is 11.9 Å². The molecule has 4 N–H and O–H groups in total. The van der Waals surface area contributed by atoms with Gasteiger partial charge < -0.3 is 20.7 Å². The van der Waals surface area contributed by atoms with Crippen molar-refractivity contribution in [3.05, 3.63) is 17.3 Å². The summed E-state index contributed by atoms with van der Waals surface area (Å²) in [7, 11) is 0. The molecule has 1 aliphatic rings. The van der Waals surface area contributed by atoms with E-state index in [2.05, 4.69) is 15.5 Å². The first-order valence-corrected chi connectivity index (χ1v) is 5.75. The molecule has 0 aromatic carbocycles. The molecule has 1 aromatic heterocycles. The number of nitrogens with one attached hydrogen (secondary N) is 1. The van der Waals surface area contributed by atoms with Crippen LogP contribution in [-0.4, -0.2) is 28.0 Å². The normalized spacial score (nSPS) is 17.6. The fourth-order valence-electron chi connectivity index (χ4n) is 1.87. The fourth-order valence-corrected chi connectivity index (χ4v) is 1.87. The molecule has 0 spiro atoms. The van der Waals surface area contributed by atoms with E-state index in [1.54, 1.807) is 13.8 Å². The van der Waals surface area contributed by atoms with Gasteiger partial charge in [0.05, 0.1) is 11.7 Å². The summed E-state index contributed by atoms with van der Waals surface area (Å²) in [6, 6.07) is -0.452. The topological polar surface area (TPSA) is 114 Å². The van der Waals surface area contributed by atoms with Gasteiger partial charge in [0, 0.05) is 6.92 Å². The van der Waals surface area contributed by atoms with E-state index in [1.165, 1.54) is 0 Å². The molecule has 1 heterocycles. The Morgan fingerprint density at radius 2 is 2.28 bits per heavy atom. The quantitative estimate of drug-likeness (QED) is 0.313. The number of aryl methyl sites for hydroxylation is 2. The van der Waals surface area contributed by atoms with Crippen molar-refractivity contribution in [2.45, 2.75) is 32.7 Å². The maximum absolute atomic E-state index is 12.0. The molecule has 0 saturated heterocycles. The molecule has 1 amide bonds. The second-order valence-electron chi connectivity index (χ2n) is 4.46. The molecule has 1 atom stereocenters. The smallest absolute Gasteiger partial charge is 0.289 e. The Hall–Kier alpha value is -2.05. The third-order valence-electron chi connectivity index (χ3n) is 2.92. The van der Waals surface area contributed by atoms with Crippen LogP contribution in [0.15, 0.2) is 9.57 Å². The van der Waals surface area contributed by atoms with Crippen molar-refractivity contribution in [2.24, 2.45) is 16.8 Å². The molecule has 1 saturated carbocycles. The van der Waals surface area contributed by atoms with Crippen LogP contribution in [0.25, 0.3) is 0 Å². The molecule has 0 aliphatic heterocycles. The second-order valence-corrected chi connectivity index (χ2v) is 4.46. The average Bonchev–Trinajstić information content (AvgIpc) is 3.10. The molecule has 18 heavy (non-hydrogen) atoms. The van der Waals surface area contributed by atoms with E-state index in [0.717, 1.165) is 12.8 Å². The zero-order chi connectivity index (χ0) is 13.3. The summed E-state index contributed by atoms with van der Waals surface area (Å²) in [6.45, 7) is 3.37. The second kappa shape index (κ2) is 4.67. The number of hydrogen-bond acceptors (Lipinski definition) is 5. The van der Waals surface area contributed by atoms with Crippen molar-refractivity contribution in [3.63, 3.8) is 0 Å². The number of carbonyl (C=O) groups is 1. The van der Waals surface area contributed by atoms with Gasteiger partial charge in [0.15, 0.2) is 11.7 Å². The molecule has 1 fully saturated rings. The molecule has 2 rings (SSSR count). The number of amides is 1. The van der Waals surface area contributed by atoms with Gasteiger partial charge in [0.1, 0.15) is 0 Å². The van der Waals surface area contributed by atoms with Gasteiger partial charge in [-0.1, -0.05) is 5.16 Å². The van der Waals surface area contributed by atoms with Gasteiger partial charge in [-0.25, -0.2) is 4.98 Å². The Balaban J connectivity index is 2.12. The summed E-state index contributed by atoms with van der Waals surface area (Å²) in [6.07, 6.45) is 1.91. The predicted molar refractivity (Wildman–Crippen MR) is 63.4 cm³/mol. The van der Waals surface area contributed by atoms with Crippen LogP contribution < -0.4 is 11.1 Å². The zero-order valence-electron chi connectivity index (χ0n) is 10.3. The van der Waals surface area contributed by atoms with Gasteiger partial charge in [-0.05, 0) is 25.7 Å². The minimum atomic E-state index is -0.452. The highest BCUT2D eigenvalue weighted by atomic mass is 16.4. The molecule has 0 bridgehead atoms. The lowest BCUT2D eigenvalue weighted by molar-refractivity contribution is 0.0913. The average molecular weight is 252 g/mol. The van der Waals surface area contributed by atoms with Crippen molar-refractivity contribution in [2.75, 3.05) is 0 Å². The lowest BCUT2D eigenvalue weighted by Crippen LogP contribution is -2.46. The van der Waals surface area contributed by atoms with Gasteiger partial charge >= 0.3 is 0 Å². The SMILES string of the molecule is Cc1nc(C)c(C(=O)NC(C(N)=NO)C2CC2)o1. The molecule has 1 aliphatic carbocycles. The summed E-state index contributed by atoms with van der Waals surface area (Å²) in [4.78, 5) is 16.0. The van der Waals surface area contributed by atoms with Crippen molar-refractivity contribution < 1.29 is 14.4 Å². The third kappa shape index (κ3) is 2.44. The molecular formula is C11H16N4O3. The lowest BCUT2D eigenvalue weighted by Gasteiger charge is -2.15. The van der Waals surface area contributed by atoms with Crippen LogP contribution in [0.5, 0.6) is 0 Å². The first-order chi connectivity index (χ1) is 8.52. The minimum Gasteiger partial charge on any atom is -0.436 e. The molecule has 7 nitrogen and oxygen atoms in total. The number of oxazole rings is 1. The van der Waals surface area contributed by atoms with Crippen LogP contribution in [-0.2, 0) is 0 Å². The van der Waals surface area contributed by atoms with Crippen LogP contribution in [0.2, 0.25) is 0 Å². The van der Waals surface area contributed by atoms with Crippen LogP contribution >= 0.6 is 0 Å². The Kier molecular flexibility index (Phi) is 3.22. The number of hydrogen-bond donors (Lipinski definition) is 3. The molecule has 1 aromatic rings.